The lowest BCUT2D eigenvalue weighted by atomic mass is 10.1. The summed E-state index contributed by atoms with van der Waals surface area (Å²) in [4.78, 5) is 11.8. The van der Waals surface area contributed by atoms with Crippen molar-refractivity contribution in [3.8, 4) is 0 Å². The van der Waals surface area contributed by atoms with E-state index in [1.165, 1.54) is 0 Å². The molecule has 2 aromatic rings. The van der Waals surface area contributed by atoms with Crippen LogP contribution in [0.1, 0.15) is 23.7 Å². The number of carbonyl (C=O) groups is 1. The Morgan fingerprint density at radius 1 is 1.41 bits per heavy atom. The monoisotopic (exact) mass is 341 g/mol. The molecule has 1 amide bonds. The second-order valence-corrected chi connectivity index (χ2v) is 5.79. The first-order valence-corrected chi connectivity index (χ1v) is 7.59. The first-order chi connectivity index (χ1) is 10.5. The molecule has 0 fully saturated rings. The normalized spacial score (nSPS) is 12.2. The smallest absolute Gasteiger partial charge is 0.220 e. The number of rotatable bonds is 6. The van der Waals surface area contributed by atoms with E-state index in [9.17, 15) is 9.90 Å². The van der Waals surface area contributed by atoms with E-state index in [-0.39, 0.29) is 12.5 Å². The number of hydrogen-bond acceptors (Lipinski definition) is 3. The zero-order chi connectivity index (χ0) is 16.1. The topological polar surface area (TPSA) is 67.2 Å². The van der Waals surface area contributed by atoms with Gasteiger partial charge >= 0.3 is 0 Å². The van der Waals surface area contributed by atoms with Crippen LogP contribution in [0.4, 0.5) is 0 Å². The van der Waals surface area contributed by atoms with Crippen molar-refractivity contribution < 1.29 is 9.90 Å². The van der Waals surface area contributed by atoms with Crippen molar-refractivity contribution in [2.45, 2.75) is 18.9 Å². The van der Waals surface area contributed by atoms with Crippen LogP contribution in [0.3, 0.4) is 0 Å². The molecule has 1 unspecified atom stereocenters. The SMILES string of the molecule is Cn1cc(CCC(=O)NCC(O)c2c(Cl)cccc2Cl)cn1. The number of benzene rings is 1. The van der Waals surface area contributed by atoms with Gasteiger partial charge in [-0.05, 0) is 24.1 Å². The standard InChI is InChI=1S/C15H17Cl2N3O2/c1-20-9-10(7-19-20)5-6-14(22)18-8-13(21)15-11(16)3-2-4-12(15)17/h2-4,7,9,13,21H,5-6,8H2,1H3,(H,18,22). The van der Waals surface area contributed by atoms with Crippen molar-refractivity contribution in [3.63, 3.8) is 0 Å². The van der Waals surface area contributed by atoms with Gasteiger partial charge in [-0.2, -0.15) is 5.10 Å². The summed E-state index contributed by atoms with van der Waals surface area (Å²) in [5.74, 6) is -0.147. The molecule has 22 heavy (non-hydrogen) atoms. The van der Waals surface area contributed by atoms with Gasteiger partial charge in [0.2, 0.25) is 5.91 Å². The molecular formula is C15H17Cl2N3O2. The summed E-state index contributed by atoms with van der Waals surface area (Å²) < 4.78 is 1.69. The van der Waals surface area contributed by atoms with Crippen LogP contribution in [0.25, 0.3) is 0 Å². The molecule has 0 aliphatic carbocycles. The number of amides is 1. The maximum Gasteiger partial charge on any atom is 0.220 e. The van der Waals surface area contributed by atoms with Gasteiger partial charge in [0.15, 0.2) is 0 Å². The predicted octanol–water partition coefficient (Wildman–Crippen LogP) is 2.51. The number of aliphatic hydroxyl groups is 1. The van der Waals surface area contributed by atoms with E-state index in [2.05, 4.69) is 10.4 Å². The van der Waals surface area contributed by atoms with E-state index in [1.54, 1.807) is 29.1 Å². The quantitative estimate of drug-likeness (QED) is 0.848. The van der Waals surface area contributed by atoms with Gasteiger partial charge in [0.25, 0.3) is 0 Å². The van der Waals surface area contributed by atoms with Gasteiger partial charge in [-0.1, -0.05) is 29.3 Å². The van der Waals surface area contributed by atoms with Gasteiger partial charge in [0.05, 0.1) is 12.3 Å². The molecule has 2 rings (SSSR count). The highest BCUT2D eigenvalue weighted by Crippen LogP contribution is 2.29. The Morgan fingerprint density at radius 2 is 2.09 bits per heavy atom. The van der Waals surface area contributed by atoms with Crippen molar-refractivity contribution in [1.29, 1.82) is 0 Å². The lowest BCUT2D eigenvalue weighted by molar-refractivity contribution is -0.121. The van der Waals surface area contributed by atoms with Crippen LogP contribution in [-0.4, -0.2) is 27.3 Å². The van der Waals surface area contributed by atoms with E-state index < -0.39 is 6.10 Å². The molecule has 1 aromatic heterocycles. The van der Waals surface area contributed by atoms with Crippen LogP contribution >= 0.6 is 23.2 Å². The van der Waals surface area contributed by atoms with Gasteiger partial charge in [0, 0.05) is 41.8 Å². The first kappa shape index (κ1) is 16.8. The van der Waals surface area contributed by atoms with Crippen LogP contribution in [0, 0.1) is 0 Å². The average Bonchev–Trinajstić information content (AvgIpc) is 2.88. The second kappa shape index (κ2) is 7.63. The Kier molecular flexibility index (Phi) is 5.83. The van der Waals surface area contributed by atoms with E-state index in [0.29, 0.717) is 28.5 Å². The van der Waals surface area contributed by atoms with Crippen molar-refractivity contribution in [2.75, 3.05) is 6.54 Å². The molecule has 0 saturated heterocycles. The summed E-state index contributed by atoms with van der Waals surface area (Å²) in [6, 6.07) is 5.00. The van der Waals surface area contributed by atoms with Crippen LogP contribution in [0.5, 0.6) is 0 Å². The molecule has 1 aromatic carbocycles. The first-order valence-electron chi connectivity index (χ1n) is 6.83. The molecule has 0 spiro atoms. The molecule has 0 bridgehead atoms. The molecular weight excluding hydrogens is 325 g/mol. The number of aliphatic hydroxyl groups excluding tert-OH is 1. The van der Waals surface area contributed by atoms with Gasteiger partial charge in [-0.25, -0.2) is 0 Å². The Balaban J connectivity index is 1.83. The number of carbonyl (C=O) groups excluding carboxylic acids is 1. The number of hydrogen-bond donors (Lipinski definition) is 2. The molecule has 0 saturated carbocycles. The fourth-order valence-corrected chi connectivity index (χ4v) is 2.74. The van der Waals surface area contributed by atoms with E-state index >= 15 is 0 Å². The summed E-state index contributed by atoms with van der Waals surface area (Å²) in [5.41, 5.74) is 1.42. The summed E-state index contributed by atoms with van der Waals surface area (Å²) in [5, 5.41) is 17.6. The minimum Gasteiger partial charge on any atom is -0.386 e. The number of halogens is 2. The molecule has 7 heteroatoms. The summed E-state index contributed by atoms with van der Waals surface area (Å²) in [6.45, 7) is 0.0648. The van der Waals surface area contributed by atoms with Crippen molar-refractivity contribution in [2.24, 2.45) is 7.05 Å². The van der Waals surface area contributed by atoms with Crippen LogP contribution in [0.2, 0.25) is 10.0 Å². The minimum absolute atomic E-state index is 0.0648. The highest BCUT2D eigenvalue weighted by molar-refractivity contribution is 6.36. The Morgan fingerprint density at radius 3 is 2.68 bits per heavy atom. The number of nitrogens with one attached hydrogen (secondary N) is 1. The lowest BCUT2D eigenvalue weighted by Crippen LogP contribution is -2.28. The zero-order valence-electron chi connectivity index (χ0n) is 12.1. The molecule has 1 atom stereocenters. The van der Waals surface area contributed by atoms with Gasteiger partial charge < -0.3 is 10.4 Å². The highest BCUT2D eigenvalue weighted by Gasteiger charge is 2.16. The number of aryl methyl sites for hydroxylation is 2. The fourth-order valence-electron chi connectivity index (χ4n) is 2.09. The summed E-state index contributed by atoms with van der Waals surface area (Å²) in [6.07, 6.45) is 3.58. The predicted molar refractivity (Wildman–Crippen MR) is 86.0 cm³/mol. The zero-order valence-corrected chi connectivity index (χ0v) is 13.6. The van der Waals surface area contributed by atoms with Crippen LogP contribution < -0.4 is 5.32 Å². The molecule has 5 nitrogen and oxygen atoms in total. The van der Waals surface area contributed by atoms with Crippen molar-refractivity contribution in [1.82, 2.24) is 15.1 Å². The van der Waals surface area contributed by atoms with E-state index in [4.69, 9.17) is 23.2 Å². The van der Waals surface area contributed by atoms with Gasteiger partial charge in [-0.3, -0.25) is 9.48 Å². The maximum absolute atomic E-state index is 11.8. The molecule has 0 aliphatic heterocycles. The van der Waals surface area contributed by atoms with E-state index in [0.717, 1.165) is 5.56 Å². The van der Waals surface area contributed by atoms with Crippen LogP contribution in [0.15, 0.2) is 30.6 Å². The third kappa shape index (κ3) is 4.47. The number of nitrogens with zero attached hydrogens (tertiary/aromatic N) is 2. The highest BCUT2D eigenvalue weighted by atomic mass is 35.5. The van der Waals surface area contributed by atoms with Crippen molar-refractivity contribution >= 4 is 29.1 Å². The van der Waals surface area contributed by atoms with E-state index in [1.807, 2.05) is 13.2 Å². The van der Waals surface area contributed by atoms with Gasteiger partial charge in [0.1, 0.15) is 0 Å². The molecule has 2 N–H and O–H groups in total. The fraction of sp³-hybridized carbons (Fsp3) is 0.333. The third-order valence-corrected chi connectivity index (χ3v) is 3.88. The second-order valence-electron chi connectivity index (χ2n) is 4.98. The molecule has 118 valence electrons. The Hall–Kier alpha value is -1.56. The third-order valence-electron chi connectivity index (χ3n) is 3.22. The summed E-state index contributed by atoms with van der Waals surface area (Å²) >= 11 is 12.0. The molecule has 0 radical (unpaired) electrons. The van der Waals surface area contributed by atoms with Crippen LogP contribution in [-0.2, 0) is 18.3 Å². The summed E-state index contributed by atoms with van der Waals surface area (Å²) in [7, 11) is 1.83. The molecule has 0 aliphatic rings. The minimum atomic E-state index is -0.941. The average molecular weight is 342 g/mol. The Labute approximate surface area is 138 Å². The molecule has 1 heterocycles. The largest absolute Gasteiger partial charge is 0.386 e. The maximum atomic E-state index is 11.8. The number of aromatic nitrogens is 2. The Bertz CT molecular complexity index is 638. The lowest BCUT2D eigenvalue weighted by Gasteiger charge is -2.15. The van der Waals surface area contributed by atoms with Crippen molar-refractivity contribution in [3.05, 3.63) is 51.8 Å². The van der Waals surface area contributed by atoms with Gasteiger partial charge in [-0.15, -0.1) is 0 Å².